The van der Waals surface area contributed by atoms with Crippen molar-refractivity contribution in [1.29, 1.82) is 0 Å². The smallest absolute Gasteiger partial charge is 0.235 e. The lowest BCUT2D eigenvalue weighted by molar-refractivity contribution is 0.398. The fourth-order valence-corrected chi connectivity index (χ4v) is 1.91. The van der Waals surface area contributed by atoms with Crippen LogP contribution in [0.3, 0.4) is 0 Å². The van der Waals surface area contributed by atoms with E-state index in [2.05, 4.69) is 0 Å². The monoisotopic (exact) mass is 228 g/mol. The van der Waals surface area contributed by atoms with Crippen LogP contribution in [0, 0.1) is 0 Å². The van der Waals surface area contributed by atoms with Crippen LogP contribution in [0.2, 0.25) is 0 Å². The maximum absolute atomic E-state index is 11.9. The zero-order chi connectivity index (χ0) is 12.0. The average molecular weight is 228 g/mol. The molecule has 0 spiro atoms. The normalized spacial score (nSPS) is 11.1. The minimum atomic E-state index is -0.649. The minimum absolute atomic E-state index is 0.254. The first-order chi connectivity index (χ1) is 8.18. The van der Waals surface area contributed by atoms with Crippen molar-refractivity contribution < 1.29 is 14.6 Å². The predicted molar refractivity (Wildman–Crippen MR) is 62.4 cm³/mol. The first-order valence-corrected chi connectivity index (χ1v) is 5.03. The van der Waals surface area contributed by atoms with Gasteiger partial charge in [-0.3, -0.25) is 4.79 Å². The molecule has 2 aliphatic rings. The summed E-state index contributed by atoms with van der Waals surface area (Å²) in [5.74, 6) is -0.866. The second-order valence-corrected chi connectivity index (χ2v) is 3.77. The van der Waals surface area contributed by atoms with Crippen LogP contribution in [0.25, 0.3) is 22.1 Å². The number of benzene rings is 2. The van der Waals surface area contributed by atoms with Gasteiger partial charge in [0.1, 0.15) is 5.76 Å². The second kappa shape index (κ2) is 3.25. The van der Waals surface area contributed by atoms with E-state index in [1.807, 2.05) is 12.1 Å². The van der Waals surface area contributed by atoms with Gasteiger partial charge in [0.05, 0.1) is 11.8 Å². The Morgan fingerprint density at radius 1 is 1.12 bits per heavy atom. The summed E-state index contributed by atoms with van der Waals surface area (Å²) >= 11 is 0. The van der Waals surface area contributed by atoms with Gasteiger partial charge in [-0.25, -0.2) is 0 Å². The number of phenolic OH excluding ortho intramolecular Hbond substituents is 2. The van der Waals surface area contributed by atoms with Crippen LogP contribution >= 0.6 is 0 Å². The lowest BCUT2D eigenvalue weighted by atomic mass is 10.0. The molecule has 2 N–H and O–H groups in total. The Labute approximate surface area is 95.7 Å². The Balaban J connectivity index is 2.62. The SMILES string of the molecule is O=c1c(O)c(O)cc2occ3ccccc3c1-2. The van der Waals surface area contributed by atoms with Gasteiger partial charge in [0.25, 0.3) is 0 Å². The Bertz CT molecular complexity index is 742. The van der Waals surface area contributed by atoms with E-state index in [-0.39, 0.29) is 11.3 Å². The van der Waals surface area contributed by atoms with Gasteiger partial charge in [0.2, 0.25) is 11.2 Å². The average Bonchev–Trinajstić information content (AvgIpc) is 2.35. The quantitative estimate of drug-likeness (QED) is 0.457. The molecule has 0 saturated heterocycles. The molecule has 1 aromatic carbocycles. The largest absolute Gasteiger partial charge is 0.504 e. The number of fused-ring (bicyclic) bond motifs is 3. The topological polar surface area (TPSA) is 70.7 Å². The molecule has 1 aliphatic heterocycles. The van der Waals surface area contributed by atoms with E-state index in [1.54, 1.807) is 12.1 Å². The van der Waals surface area contributed by atoms with Crippen molar-refractivity contribution in [3.8, 4) is 22.8 Å². The third-order valence-electron chi connectivity index (χ3n) is 2.74. The van der Waals surface area contributed by atoms with Gasteiger partial charge in [-0.05, 0) is 5.39 Å². The van der Waals surface area contributed by atoms with Crippen LogP contribution in [-0.4, -0.2) is 10.2 Å². The summed E-state index contributed by atoms with van der Waals surface area (Å²) in [5, 5.41) is 20.3. The molecule has 0 radical (unpaired) electrons. The van der Waals surface area contributed by atoms with Crippen molar-refractivity contribution in [2.45, 2.75) is 0 Å². The Morgan fingerprint density at radius 2 is 1.88 bits per heavy atom. The summed E-state index contributed by atoms with van der Waals surface area (Å²) in [6.07, 6.45) is 1.51. The van der Waals surface area contributed by atoms with Gasteiger partial charge < -0.3 is 14.6 Å². The van der Waals surface area contributed by atoms with E-state index >= 15 is 0 Å². The maximum atomic E-state index is 11.9. The molecule has 0 unspecified atom stereocenters. The highest BCUT2D eigenvalue weighted by atomic mass is 16.3. The van der Waals surface area contributed by atoms with E-state index < -0.39 is 16.9 Å². The molecule has 17 heavy (non-hydrogen) atoms. The summed E-state index contributed by atoms with van der Waals surface area (Å²) in [4.78, 5) is 11.9. The molecule has 0 atom stereocenters. The van der Waals surface area contributed by atoms with Crippen molar-refractivity contribution in [2.24, 2.45) is 0 Å². The van der Waals surface area contributed by atoms with Gasteiger partial charge in [0, 0.05) is 11.5 Å². The van der Waals surface area contributed by atoms with Gasteiger partial charge in [-0.15, -0.1) is 0 Å². The first-order valence-electron chi connectivity index (χ1n) is 5.03. The van der Waals surface area contributed by atoms with Gasteiger partial charge in [-0.1, -0.05) is 24.3 Å². The summed E-state index contributed by atoms with van der Waals surface area (Å²) < 4.78 is 5.27. The molecule has 1 aromatic rings. The van der Waals surface area contributed by atoms with E-state index in [1.165, 1.54) is 12.3 Å². The van der Waals surface area contributed by atoms with Gasteiger partial charge in [0.15, 0.2) is 5.75 Å². The third kappa shape index (κ3) is 1.27. The Kier molecular flexibility index (Phi) is 1.86. The minimum Gasteiger partial charge on any atom is -0.504 e. The summed E-state index contributed by atoms with van der Waals surface area (Å²) in [7, 11) is 0. The van der Waals surface area contributed by atoms with Crippen LogP contribution in [0.4, 0.5) is 0 Å². The molecule has 1 aliphatic carbocycles. The third-order valence-corrected chi connectivity index (χ3v) is 2.74. The van der Waals surface area contributed by atoms with Crippen LogP contribution in [-0.2, 0) is 0 Å². The first kappa shape index (κ1) is 9.72. The standard InChI is InChI=1S/C13H8O4/c14-9-5-10-11(13(16)12(9)15)8-4-2-1-3-7(8)6-17-10/h1-6,14-15H. The molecule has 0 bridgehead atoms. The fraction of sp³-hybridized carbons (Fsp3) is 0. The van der Waals surface area contributed by atoms with Gasteiger partial charge in [-0.2, -0.15) is 0 Å². The Hall–Kier alpha value is -2.49. The summed E-state index contributed by atoms with van der Waals surface area (Å²) in [5.41, 5.74) is -0.348. The molecule has 1 heterocycles. The molecule has 4 nitrogen and oxygen atoms in total. The number of hydrogen-bond donors (Lipinski definition) is 2. The maximum Gasteiger partial charge on any atom is 0.235 e. The van der Waals surface area contributed by atoms with Crippen LogP contribution in [0.1, 0.15) is 0 Å². The van der Waals surface area contributed by atoms with Gasteiger partial charge >= 0.3 is 0 Å². The van der Waals surface area contributed by atoms with Crippen LogP contribution in [0.15, 0.2) is 45.8 Å². The van der Waals surface area contributed by atoms with Crippen LogP contribution in [0.5, 0.6) is 11.5 Å². The highest BCUT2D eigenvalue weighted by Crippen LogP contribution is 2.34. The fourth-order valence-electron chi connectivity index (χ4n) is 1.91. The van der Waals surface area contributed by atoms with Crippen molar-refractivity contribution >= 4 is 10.8 Å². The molecular formula is C13H8O4. The lowest BCUT2D eigenvalue weighted by Gasteiger charge is -2.08. The second-order valence-electron chi connectivity index (χ2n) is 3.77. The molecule has 0 fully saturated rings. The van der Waals surface area contributed by atoms with E-state index in [4.69, 9.17) is 4.42 Å². The molecule has 0 saturated carbocycles. The number of aromatic hydroxyl groups is 2. The van der Waals surface area contributed by atoms with E-state index in [0.717, 1.165) is 5.39 Å². The lowest BCUT2D eigenvalue weighted by Crippen LogP contribution is -2.05. The van der Waals surface area contributed by atoms with Crippen LogP contribution < -0.4 is 5.43 Å². The molecular weight excluding hydrogens is 220 g/mol. The molecule has 4 heteroatoms. The zero-order valence-corrected chi connectivity index (χ0v) is 8.68. The molecule has 0 aromatic heterocycles. The zero-order valence-electron chi connectivity index (χ0n) is 8.68. The predicted octanol–water partition coefficient (Wildman–Crippen LogP) is 2.31. The van der Waals surface area contributed by atoms with Crippen molar-refractivity contribution in [2.75, 3.05) is 0 Å². The Morgan fingerprint density at radius 3 is 2.71 bits per heavy atom. The number of phenols is 2. The number of hydrogen-bond acceptors (Lipinski definition) is 4. The van der Waals surface area contributed by atoms with Crippen molar-refractivity contribution in [3.05, 3.63) is 46.8 Å². The summed E-state index contributed by atoms with van der Waals surface area (Å²) in [6, 6.07) is 8.44. The molecule has 84 valence electrons. The van der Waals surface area contributed by atoms with Crippen molar-refractivity contribution in [1.82, 2.24) is 0 Å². The highest BCUT2D eigenvalue weighted by molar-refractivity contribution is 5.95. The van der Waals surface area contributed by atoms with E-state index in [9.17, 15) is 15.0 Å². The van der Waals surface area contributed by atoms with E-state index in [0.29, 0.717) is 5.39 Å². The number of rotatable bonds is 0. The summed E-state index contributed by atoms with van der Waals surface area (Å²) in [6.45, 7) is 0. The van der Waals surface area contributed by atoms with Crippen molar-refractivity contribution in [3.63, 3.8) is 0 Å². The molecule has 0 amide bonds. The highest BCUT2D eigenvalue weighted by Gasteiger charge is 2.19. The molecule has 3 rings (SSSR count).